The minimum atomic E-state index is -1.96. The number of hydrogen-bond acceptors (Lipinski definition) is 6. The molecular formula is C19H23N3O6. The van der Waals surface area contributed by atoms with Gasteiger partial charge in [-0.2, -0.15) is 0 Å². The van der Waals surface area contributed by atoms with Gasteiger partial charge in [0.05, 0.1) is 17.6 Å². The van der Waals surface area contributed by atoms with E-state index in [0.717, 1.165) is 12.8 Å². The van der Waals surface area contributed by atoms with Crippen LogP contribution >= 0.6 is 0 Å². The van der Waals surface area contributed by atoms with Gasteiger partial charge >= 0.3 is 0 Å². The zero-order valence-corrected chi connectivity index (χ0v) is 15.5. The molecule has 1 saturated heterocycles. The van der Waals surface area contributed by atoms with Crippen LogP contribution in [0.15, 0.2) is 30.4 Å². The third-order valence-corrected chi connectivity index (χ3v) is 5.50. The molecule has 28 heavy (non-hydrogen) atoms. The van der Waals surface area contributed by atoms with Gasteiger partial charge in [0.25, 0.3) is 11.6 Å². The summed E-state index contributed by atoms with van der Waals surface area (Å²) in [6, 6.07) is 3.69. The molecule has 2 amide bonds. The Labute approximate surface area is 161 Å². The molecule has 3 atom stereocenters. The molecule has 0 bridgehead atoms. The number of rotatable bonds is 6. The molecule has 2 aliphatic heterocycles. The number of benzene rings is 1. The van der Waals surface area contributed by atoms with Gasteiger partial charge in [-0.25, -0.2) is 0 Å². The molecular weight excluding hydrogens is 366 g/mol. The topological polar surface area (TPSA) is 133 Å². The highest BCUT2D eigenvalue weighted by Crippen LogP contribution is 2.43. The molecule has 1 fully saturated rings. The second kappa shape index (κ2) is 7.69. The first kappa shape index (κ1) is 20.0. The minimum absolute atomic E-state index is 0.0681. The van der Waals surface area contributed by atoms with Crippen LogP contribution in [0.3, 0.4) is 0 Å². The third-order valence-electron chi connectivity index (χ3n) is 5.50. The number of fused-ring (bicyclic) bond motifs is 1. The number of aliphatic hydroxyl groups is 2. The van der Waals surface area contributed by atoms with Crippen molar-refractivity contribution in [1.82, 2.24) is 4.90 Å². The maximum atomic E-state index is 12.4. The number of aliphatic hydroxyl groups excluding tert-OH is 1. The molecule has 150 valence electrons. The van der Waals surface area contributed by atoms with E-state index in [2.05, 4.69) is 5.32 Å². The molecule has 0 radical (unpaired) electrons. The molecule has 1 aromatic rings. The van der Waals surface area contributed by atoms with Gasteiger partial charge in [0, 0.05) is 42.3 Å². The molecule has 1 aromatic carbocycles. The lowest BCUT2D eigenvalue weighted by Gasteiger charge is -2.26. The van der Waals surface area contributed by atoms with Crippen molar-refractivity contribution >= 4 is 23.2 Å². The molecule has 2 heterocycles. The van der Waals surface area contributed by atoms with Gasteiger partial charge in [0.2, 0.25) is 5.91 Å². The lowest BCUT2D eigenvalue weighted by Crippen LogP contribution is -2.40. The molecule has 9 nitrogen and oxygen atoms in total. The Morgan fingerprint density at radius 3 is 2.96 bits per heavy atom. The van der Waals surface area contributed by atoms with Crippen molar-refractivity contribution in [3.63, 3.8) is 0 Å². The van der Waals surface area contributed by atoms with E-state index < -0.39 is 22.3 Å². The second-order valence-corrected chi connectivity index (χ2v) is 7.19. The molecule has 0 unspecified atom stereocenters. The van der Waals surface area contributed by atoms with E-state index >= 15 is 0 Å². The van der Waals surface area contributed by atoms with Gasteiger partial charge in [-0.3, -0.25) is 19.7 Å². The van der Waals surface area contributed by atoms with Gasteiger partial charge in [-0.1, -0.05) is 19.1 Å². The lowest BCUT2D eigenvalue weighted by molar-refractivity contribution is -0.385. The first-order valence-electron chi connectivity index (χ1n) is 9.18. The van der Waals surface area contributed by atoms with Gasteiger partial charge in [0.15, 0.2) is 5.60 Å². The summed E-state index contributed by atoms with van der Waals surface area (Å²) < 4.78 is 0. The Kier molecular flexibility index (Phi) is 5.48. The number of carbonyl (C=O) groups is 2. The number of carbonyl (C=O) groups excluding carboxylic acids is 2. The average molecular weight is 389 g/mol. The summed E-state index contributed by atoms with van der Waals surface area (Å²) in [6.45, 7) is 2.15. The second-order valence-electron chi connectivity index (χ2n) is 7.19. The fourth-order valence-electron chi connectivity index (χ4n) is 3.85. The van der Waals surface area contributed by atoms with Gasteiger partial charge in [-0.15, -0.1) is 0 Å². The summed E-state index contributed by atoms with van der Waals surface area (Å²) in [4.78, 5) is 36.8. The number of nitrogens with one attached hydrogen (secondary N) is 1. The number of amides is 2. The first-order valence-corrected chi connectivity index (χ1v) is 9.18. The predicted molar refractivity (Wildman–Crippen MR) is 100 cm³/mol. The summed E-state index contributed by atoms with van der Waals surface area (Å²) >= 11 is 0. The number of nitrogens with zero attached hydrogens (tertiary/aromatic N) is 2. The van der Waals surface area contributed by atoms with Gasteiger partial charge < -0.3 is 20.4 Å². The first-order chi connectivity index (χ1) is 13.3. The molecule has 3 N–H and O–H groups in total. The minimum Gasteiger partial charge on any atom is -0.394 e. The average Bonchev–Trinajstić information content (AvgIpc) is 3.24. The quantitative estimate of drug-likeness (QED) is 0.382. The number of non-ortho nitro benzene ring substituents is 1. The maximum Gasteiger partial charge on any atom is 0.269 e. The third kappa shape index (κ3) is 3.38. The van der Waals surface area contributed by atoms with Crippen molar-refractivity contribution in [2.75, 3.05) is 18.5 Å². The Hall–Kier alpha value is -2.78. The van der Waals surface area contributed by atoms with Crippen LogP contribution in [-0.2, 0) is 15.2 Å². The van der Waals surface area contributed by atoms with E-state index in [9.17, 15) is 29.9 Å². The predicted octanol–water partition coefficient (Wildman–Crippen LogP) is 1.30. The highest BCUT2D eigenvalue weighted by Gasteiger charge is 2.49. The van der Waals surface area contributed by atoms with E-state index in [1.165, 1.54) is 18.2 Å². The van der Waals surface area contributed by atoms with Crippen LogP contribution in [0.1, 0.15) is 31.7 Å². The highest BCUT2D eigenvalue weighted by molar-refractivity contribution is 6.05. The Bertz CT molecular complexity index is 839. The number of hydrogen-bond donors (Lipinski definition) is 3. The molecule has 0 aromatic heterocycles. The largest absolute Gasteiger partial charge is 0.394 e. The van der Waals surface area contributed by atoms with Gasteiger partial charge in [0.1, 0.15) is 0 Å². The van der Waals surface area contributed by atoms with Crippen molar-refractivity contribution in [2.24, 2.45) is 5.92 Å². The summed E-state index contributed by atoms with van der Waals surface area (Å²) in [5, 5.41) is 33.9. The van der Waals surface area contributed by atoms with E-state index in [1.807, 2.05) is 0 Å². The van der Waals surface area contributed by atoms with Crippen LogP contribution in [0.25, 0.3) is 0 Å². The summed E-state index contributed by atoms with van der Waals surface area (Å²) in [7, 11) is 0. The number of nitro groups is 1. The molecule has 3 rings (SSSR count). The van der Waals surface area contributed by atoms with Crippen LogP contribution in [-0.4, -0.2) is 51.0 Å². The van der Waals surface area contributed by atoms with Crippen LogP contribution in [0.5, 0.6) is 0 Å². The van der Waals surface area contributed by atoms with E-state index in [-0.39, 0.29) is 36.2 Å². The van der Waals surface area contributed by atoms with E-state index in [0.29, 0.717) is 12.2 Å². The van der Waals surface area contributed by atoms with Crippen LogP contribution in [0.4, 0.5) is 11.4 Å². The number of nitro benzene ring substituents is 1. The number of likely N-dealkylation sites (tertiary alicyclic amines) is 1. The van der Waals surface area contributed by atoms with Crippen LogP contribution in [0.2, 0.25) is 0 Å². The zero-order valence-electron chi connectivity index (χ0n) is 15.5. The standard InChI is InChI=1S/C19H23N3O6/c1-12(4-2-6-17(24)21-9-3-5-14(21)11-23)19(26)15-10-13(22(27)28)7-8-16(15)20-18(19)25/h2,4,7-8,10,12,14,23,26H,3,5-6,9,11H2,1H3,(H,20,25)/b4-2+/t12-,14-,19+/m0/s1. The Morgan fingerprint density at radius 1 is 1.54 bits per heavy atom. The van der Waals surface area contributed by atoms with Crippen molar-refractivity contribution in [3.05, 3.63) is 46.0 Å². The SMILES string of the molecule is C[C@@H](/C=C/CC(=O)N1CCC[C@H]1CO)[C@]1(O)C(=O)Nc2ccc([N+](=O)[O-])cc21. The van der Waals surface area contributed by atoms with Gasteiger partial charge in [-0.05, 0) is 18.9 Å². The lowest BCUT2D eigenvalue weighted by atomic mass is 9.82. The van der Waals surface area contributed by atoms with Crippen LogP contribution in [0, 0.1) is 16.0 Å². The van der Waals surface area contributed by atoms with Crippen molar-refractivity contribution in [2.45, 2.75) is 37.8 Å². The molecule has 0 saturated carbocycles. The normalized spacial score (nSPS) is 25.0. The van der Waals surface area contributed by atoms with E-state index in [1.54, 1.807) is 24.0 Å². The molecule has 0 spiro atoms. The summed E-state index contributed by atoms with van der Waals surface area (Å²) in [5.74, 6) is -1.50. The van der Waals surface area contributed by atoms with Crippen molar-refractivity contribution in [3.8, 4) is 0 Å². The highest BCUT2D eigenvalue weighted by atomic mass is 16.6. The van der Waals surface area contributed by atoms with Crippen LogP contribution < -0.4 is 5.32 Å². The molecule has 0 aliphatic carbocycles. The summed E-state index contributed by atoms with van der Waals surface area (Å²) in [5.41, 5.74) is -1.70. The van der Waals surface area contributed by atoms with Crippen molar-refractivity contribution in [1.29, 1.82) is 0 Å². The van der Waals surface area contributed by atoms with Crippen molar-refractivity contribution < 1.29 is 24.7 Å². The number of anilines is 1. The fraction of sp³-hybridized carbons (Fsp3) is 0.474. The molecule has 9 heteroatoms. The zero-order chi connectivity index (χ0) is 20.5. The molecule has 2 aliphatic rings. The monoisotopic (exact) mass is 389 g/mol. The Morgan fingerprint density at radius 2 is 2.29 bits per heavy atom. The smallest absolute Gasteiger partial charge is 0.269 e. The maximum absolute atomic E-state index is 12.4. The fourth-order valence-corrected chi connectivity index (χ4v) is 3.85. The van der Waals surface area contributed by atoms with E-state index in [4.69, 9.17) is 0 Å². The summed E-state index contributed by atoms with van der Waals surface area (Å²) in [6.07, 6.45) is 4.86. The Balaban J connectivity index is 1.75.